The molecule has 37 heavy (non-hydrogen) atoms. The average Bonchev–Trinajstić information content (AvgIpc) is 3.31. The van der Waals surface area contributed by atoms with Gasteiger partial charge in [-0.1, -0.05) is 60.7 Å². The number of hydrogen-bond acceptors (Lipinski definition) is 4. The number of Topliss-reactive ketones (excluding diaryl/α,β-unsaturated/α-hetero) is 1. The minimum Gasteiger partial charge on any atom is -0.355 e. The smallest absolute Gasteiger partial charge is 0.237 e. The summed E-state index contributed by atoms with van der Waals surface area (Å²) in [4.78, 5) is 39.3. The molecule has 1 aliphatic carbocycles. The van der Waals surface area contributed by atoms with Crippen LogP contribution in [0.5, 0.6) is 0 Å². The molecule has 9 heteroatoms. The summed E-state index contributed by atoms with van der Waals surface area (Å²) in [5.74, 6) is -2.04. The van der Waals surface area contributed by atoms with Crippen LogP contribution in [0.3, 0.4) is 0 Å². The summed E-state index contributed by atoms with van der Waals surface area (Å²) >= 11 is 12.5. The SMILES string of the molecule is CC(=O)CCCNC(=O)[C@@H]1NC2(CCCCC2)[C@@]2(C(=O)Nc3cc(Cl)ccc32)[C@H]1c1cccc(Cl)c1F. The van der Waals surface area contributed by atoms with Crippen LogP contribution in [0, 0.1) is 5.82 Å². The van der Waals surface area contributed by atoms with Crippen molar-refractivity contribution in [1.29, 1.82) is 0 Å². The molecule has 2 heterocycles. The number of fused-ring (bicyclic) bond motifs is 3. The molecule has 2 amide bonds. The number of anilines is 1. The Morgan fingerprint density at radius 2 is 1.89 bits per heavy atom. The third kappa shape index (κ3) is 4.16. The van der Waals surface area contributed by atoms with Crippen molar-refractivity contribution < 1.29 is 18.8 Å². The maximum Gasteiger partial charge on any atom is 0.237 e. The van der Waals surface area contributed by atoms with Crippen molar-refractivity contribution in [3.8, 4) is 0 Å². The van der Waals surface area contributed by atoms with Gasteiger partial charge < -0.3 is 15.4 Å². The van der Waals surface area contributed by atoms with Gasteiger partial charge in [0, 0.05) is 35.1 Å². The van der Waals surface area contributed by atoms with Crippen molar-refractivity contribution in [1.82, 2.24) is 10.6 Å². The Hall–Kier alpha value is -2.48. The second-order valence-electron chi connectivity index (χ2n) is 10.4. The molecule has 196 valence electrons. The van der Waals surface area contributed by atoms with Gasteiger partial charge in [0.15, 0.2) is 0 Å². The quantitative estimate of drug-likeness (QED) is 0.431. The molecule has 0 aromatic heterocycles. The molecule has 2 aromatic carbocycles. The molecule has 2 aliphatic heterocycles. The van der Waals surface area contributed by atoms with Gasteiger partial charge >= 0.3 is 0 Å². The lowest BCUT2D eigenvalue weighted by Gasteiger charge is -2.47. The highest BCUT2D eigenvalue weighted by atomic mass is 35.5. The van der Waals surface area contributed by atoms with E-state index < -0.39 is 28.7 Å². The summed E-state index contributed by atoms with van der Waals surface area (Å²) in [6.07, 6.45) is 4.96. The highest BCUT2D eigenvalue weighted by Crippen LogP contribution is 2.62. The third-order valence-electron chi connectivity index (χ3n) is 8.31. The Bertz CT molecular complexity index is 1260. The van der Waals surface area contributed by atoms with Crippen LogP contribution < -0.4 is 16.0 Å². The first kappa shape index (κ1) is 26.1. The molecule has 0 bridgehead atoms. The largest absolute Gasteiger partial charge is 0.355 e. The number of carbonyl (C=O) groups is 3. The van der Waals surface area contributed by atoms with Crippen molar-refractivity contribution in [2.45, 2.75) is 74.8 Å². The summed E-state index contributed by atoms with van der Waals surface area (Å²) in [6.45, 7) is 1.82. The Morgan fingerprint density at radius 3 is 2.62 bits per heavy atom. The summed E-state index contributed by atoms with van der Waals surface area (Å²) < 4.78 is 15.8. The zero-order valence-corrected chi connectivity index (χ0v) is 22.1. The number of amides is 2. The van der Waals surface area contributed by atoms with Gasteiger partial charge in [0.1, 0.15) is 17.0 Å². The van der Waals surface area contributed by atoms with Crippen molar-refractivity contribution in [3.05, 3.63) is 63.4 Å². The number of ketones is 1. The van der Waals surface area contributed by atoms with E-state index >= 15 is 4.39 Å². The third-order valence-corrected chi connectivity index (χ3v) is 8.84. The van der Waals surface area contributed by atoms with E-state index in [0.717, 1.165) is 19.3 Å². The molecule has 2 spiro atoms. The van der Waals surface area contributed by atoms with Crippen LogP contribution in [0.15, 0.2) is 36.4 Å². The molecule has 0 radical (unpaired) electrons. The van der Waals surface area contributed by atoms with E-state index in [4.69, 9.17) is 23.2 Å². The lowest BCUT2D eigenvalue weighted by Crippen LogP contribution is -2.60. The van der Waals surface area contributed by atoms with Gasteiger partial charge in [0.2, 0.25) is 11.8 Å². The van der Waals surface area contributed by atoms with Gasteiger partial charge in [-0.25, -0.2) is 4.39 Å². The van der Waals surface area contributed by atoms with Crippen LogP contribution in [0.25, 0.3) is 0 Å². The molecule has 3 atom stereocenters. The summed E-state index contributed by atoms with van der Waals surface area (Å²) in [5.41, 5.74) is -0.494. The molecule has 3 aliphatic rings. The summed E-state index contributed by atoms with van der Waals surface area (Å²) in [6, 6.07) is 9.11. The van der Waals surface area contributed by atoms with Gasteiger partial charge in [0.05, 0.1) is 11.1 Å². The van der Waals surface area contributed by atoms with Gasteiger partial charge in [-0.15, -0.1) is 0 Å². The van der Waals surface area contributed by atoms with Crippen LogP contribution in [-0.4, -0.2) is 35.7 Å². The van der Waals surface area contributed by atoms with Crippen molar-refractivity contribution in [2.24, 2.45) is 0 Å². The Morgan fingerprint density at radius 1 is 1.14 bits per heavy atom. The molecule has 1 saturated carbocycles. The van der Waals surface area contributed by atoms with Gasteiger partial charge in [-0.2, -0.15) is 0 Å². The Balaban J connectivity index is 1.69. The van der Waals surface area contributed by atoms with Crippen LogP contribution in [0.2, 0.25) is 10.0 Å². The second kappa shape index (κ2) is 10.0. The molecule has 3 N–H and O–H groups in total. The van der Waals surface area contributed by atoms with Gasteiger partial charge in [0.25, 0.3) is 0 Å². The molecular formula is C28H30Cl2FN3O3. The second-order valence-corrected chi connectivity index (χ2v) is 11.3. The number of benzene rings is 2. The van der Waals surface area contributed by atoms with Crippen molar-refractivity contribution >= 4 is 46.5 Å². The minimum absolute atomic E-state index is 0.0464. The highest BCUT2D eigenvalue weighted by molar-refractivity contribution is 6.31. The van der Waals surface area contributed by atoms with E-state index in [1.165, 1.54) is 13.0 Å². The predicted molar refractivity (Wildman–Crippen MR) is 142 cm³/mol. The molecule has 1 saturated heterocycles. The van der Waals surface area contributed by atoms with Crippen LogP contribution in [0.1, 0.15) is 68.9 Å². The Kier molecular flexibility index (Phi) is 7.07. The number of carbonyl (C=O) groups excluding carboxylic acids is 3. The first-order valence-corrected chi connectivity index (χ1v) is 13.6. The number of nitrogens with one attached hydrogen (secondary N) is 3. The van der Waals surface area contributed by atoms with E-state index in [1.807, 2.05) is 6.07 Å². The van der Waals surface area contributed by atoms with E-state index in [1.54, 1.807) is 24.3 Å². The molecule has 6 nitrogen and oxygen atoms in total. The normalized spacial score (nSPS) is 25.8. The predicted octanol–water partition coefficient (Wildman–Crippen LogP) is 5.27. The van der Waals surface area contributed by atoms with E-state index in [-0.39, 0.29) is 28.2 Å². The van der Waals surface area contributed by atoms with Crippen molar-refractivity contribution in [3.63, 3.8) is 0 Å². The lowest BCUT2D eigenvalue weighted by atomic mass is 9.55. The molecule has 0 unspecified atom stereocenters. The fourth-order valence-electron chi connectivity index (χ4n) is 6.88. The molecule has 2 fully saturated rings. The fraction of sp³-hybridized carbons (Fsp3) is 0.464. The minimum atomic E-state index is -1.25. The molecule has 2 aromatic rings. The van der Waals surface area contributed by atoms with E-state index in [2.05, 4.69) is 16.0 Å². The van der Waals surface area contributed by atoms with Crippen LogP contribution >= 0.6 is 23.2 Å². The van der Waals surface area contributed by atoms with E-state index in [0.29, 0.717) is 48.5 Å². The zero-order chi connectivity index (χ0) is 26.4. The fourth-order valence-corrected chi connectivity index (χ4v) is 7.23. The maximum absolute atomic E-state index is 15.8. The Labute approximate surface area is 225 Å². The lowest BCUT2D eigenvalue weighted by molar-refractivity contribution is -0.124. The maximum atomic E-state index is 15.8. The molecule has 5 rings (SSSR count). The first-order valence-electron chi connectivity index (χ1n) is 12.8. The number of rotatable bonds is 6. The number of halogens is 3. The monoisotopic (exact) mass is 545 g/mol. The number of hydrogen-bond donors (Lipinski definition) is 3. The standard InChI is InChI=1S/C28H30Cl2FN3O3/c1-16(35)7-6-14-32-25(36)24-22(18-8-5-9-20(30)23(18)31)28(27(34-24)12-3-2-4-13-27)19-11-10-17(29)15-21(19)33-26(28)37/h5,8-11,15,22,24,34H,2-4,6-7,12-14H2,1H3,(H,32,36)(H,33,37)/t22-,24+,28+/m0/s1. The average molecular weight is 546 g/mol. The van der Waals surface area contributed by atoms with E-state index in [9.17, 15) is 14.4 Å². The summed E-state index contributed by atoms with van der Waals surface area (Å²) in [5, 5.41) is 9.94. The first-order chi connectivity index (χ1) is 17.7. The topological polar surface area (TPSA) is 87.3 Å². The zero-order valence-electron chi connectivity index (χ0n) is 20.6. The van der Waals surface area contributed by atoms with Gasteiger partial charge in [-0.05, 0) is 55.5 Å². The van der Waals surface area contributed by atoms with Crippen molar-refractivity contribution in [2.75, 3.05) is 11.9 Å². The molecular weight excluding hydrogens is 516 g/mol. The highest BCUT2D eigenvalue weighted by Gasteiger charge is 2.72. The van der Waals surface area contributed by atoms with Gasteiger partial charge in [-0.3, -0.25) is 14.9 Å². The van der Waals surface area contributed by atoms with Crippen LogP contribution in [-0.2, 0) is 19.8 Å². The summed E-state index contributed by atoms with van der Waals surface area (Å²) in [7, 11) is 0. The van der Waals surface area contributed by atoms with Crippen LogP contribution in [0.4, 0.5) is 10.1 Å².